The van der Waals surface area contributed by atoms with Crippen molar-refractivity contribution in [1.29, 1.82) is 0 Å². The topological polar surface area (TPSA) is 52.6 Å². The number of methoxy groups -OCH3 is 2. The maximum Gasteiger partial charge on any atom is 0.221 e. The van der Waals surface area contributed by atoms with Crippen LogP contribution in [-0.2, 0) is 4.79 Å². The van der Waals surface area contributed by atoms with Gasteiger partial charge in [0.2, 0.25) is 12.0 Å². The molecule has 0 spiro atoms. The third-order valence-corrected chi connectivity index (χ3v) is 2.79. The summed E-state index contributed by atoms with van der Waals surface area (Å²) in [5, 5.41) is 0. The van der Waals surface area contributed by atoms with Gasteiger partial charge in [0, 0.05) is 6.42 Å². The van der Waals surface area contributed by atoms with Gasteiger partial charge in [-0.25, -0.2) is 4.39 Å². The Morgan fingerprint density at radius 3 is 2.35 bits per heavy atom. The fourth-order valence-electron chi connectivity index (χ4n) is 1.80. The van der Waals surface area contributed by atoms with E-state index in [4.69, 9.17) is 9.47 Å². The van der Waals surface area contributed by atoms with Crippen molar-refractivity contribution in [2.75, 3.05) is 14.2 Å². The van der Waals surface area contributed by atoms with Crippen LogP contribution in [-0.4, -0.2) is 32.0 Å². The first-order valence-electron chi connectivity index (χ1n) is 6.33. The van der Waals surface area contributed by atoms with Crippen molar-refractivity contribution in [3.63, 3.8) is 0 Å². The summed E-state index contributed by atoms with van der Waals surface area (Å²) in [6.45, 7) is 3.59. The number of Topliss-reactive ketones (excluding diaryl/α,β-unsaturated/α-hetero) is 2. The Morgan fingerprint density at radius 2 is 1.85 bits per heavy atom. The van der Waals surface area contributed by atoms with Gasteiger partial charge in [-0.2, -0.15) is 0 Å². The molecule has 1 aromatic carbocycles. The third-order valence-electron chi connectivity index (χ3n) is 2.79. The van der Waals surface area contributed by atoms with Crippen molar-refractivity contribution < 1.29 is 23.5 Å². The van der Waals surface area contributed by atoms with Crippen LogP contribution in [0, 0.1) is 5.92 Å². The van der Waals surface area contributed by atoms with Crippen LogP contribution in [0.2, 0.25) is 0 Å². The number of carbonyl (C=O) groups excluding carboxylic acids is 2. The second-order valence-corrected chi connectivity index (χ2v) is 4.86. The van der Waals surface area contributed by atoms with Crippen LogP contribution >= 0.6 is 0 Å². The zero-order valence-electron chi connectivity index (χ0n) is 12.1. The van der Waals surface area contributed by atoms with Crippen molar-refractivity contribution in [1.82, 2.24) is 0 Å². The van der Waals surface area contributed by atoms with Gasteiger partial charge in [0.25, 0.3) is 0 Å². The number of halogens is 1. The molecule has 1 rings (SSSR count). The maximum atomic E-state index is 14.0. The molecule has 0 aliphatic heterocycles. The summed E-state index contributed by atoms with van der Waals surface area (Å²) in [6.07, 6.45) is -2.14. The van der Waals surface area contributed by atoms with Crippen molar-refractivity contribution in [2.45, 2.75) is 26.4 Å². The molecule has 0 N–H and O–H groups in total. The molecular formula is C15H19FO4. The summed E-state index contributed by atoms with van der Waals surface area (Å²) in [5.74, 6) is -0.990. The predicted molar refractivity (Wildman–Crippen MR) is 73.2 cm³/mol. The quantitative estimate of drug-likeness (QED) is 0.570. The van der Waals surface area contributed by atoms with Gasteiger partial charge >= 0.3 is 0 Å². The average molecular weight is 282 g/mol. The lowest BCUT2D eigenvalue weighted by Crippen LogP contribution is -2.27. The van der Waals surface area contributed by atoms with Gasteiger partial charge in [-0.1, -0.05) is 13.8 Å². The van der Waals surface area contributed by atoms with E-state index in [1.807, 2.05) is 0 Å². The smallest absolute Gasteiger partial charge is 0.221 e. The summed E-state index contributed by atoms with van der Waals surface area (Å²) in [7, 11) is 2.81. The second-order valence-electron chi connectivity index (χ2n) is 4.86. The van der Waals surface area contributed by atoms with E-state index in [-0.39, 0.29) is 23.7 Å². The van der Waals surface area contributed by atoms with Crippen LogP contribution in [0.4, 0.5) is 4.39 Å². The van der Waals surface area contributed by atoms with E-state index >= 15 is 0 Å². The summed E-state index contributed by atoms with van der Waals surface area (Å²) in [4.78, 5) is 23.7. The molecule has 5 heteroatoms. The first kappa shape index (κ1) is 16.1. The average Bonchev–Trinajstić information content (AvgIpc) is 2.44. The number of ether oxygens (including phenoxy) is 2. The Hall–Kier alpha value is -1.91. The Balaban J connectivity index is 3.03. The minimum atomic E-state index is -2.17. The van der Waals surface area contributed by atoms with Crippen LogP contribution in [0.1, 0.15) is 30.6 Å². The monoisotopic (exact) mass is 282 g/mol. The van der Waals surface area contributed by atoms with E-state index in [1.165, 1.54) is 26.4 Å². The molecule has 1 aromatic rings. The van der Waals surface area contributed by atoms with Gasteiger partial charge < -0.3 is 9.47 Å². The molecule has 1 unspecified atom stereocenters. The standard InChI is InChI=1S/C15H19FO4/c1-9(2)7-12(17)14(16)15(18)11-8-10(19-3)5-6-13(11)20-4/h5-6,8-9,14H,7H2,1-4H3. The molecule has 1 atom stereocenters. The predicted octanol–water partition coefficient (Wildman–Crippen LogP) is 2.84. The molecule has 20 heavy (non-hydrogen) atoms. The highest BCUT2D eigenvalue weighted by atomic mass is 19.1. The Morgan fingerprint density at radius 1 is 1.20 bits per heavy atom. The molecule has 0 bridgehead atoms. The molecule has 0 aromatic heterocycles. The number of carbonyl (C=O) groups is 2. The second kappa shape index (κ2) is 7.03. The molecule has 0 aliphatic carbocycles. The van der Waals surface area contributed by atoms with Crippen LogP contribution < -0.4 is 9.47 Å². The lowest BCUT2D eigenvalue weighted by molar-refractivity contribution is -0.122. The van der Waals surface area contributed by atoms with Crippen LogP contribution in [0.25, 0.3) is 0 Å². The number of benzene rings is 1. The van der Waals surface area contributed by atoms with Gasteiger partial charge in [0.1, 0.15) is 11.5 Å². The van der Waals surface area contributed by atoms with Crippen molar-refractivity contribution in [2.24, 2.45) is 5.92 Å². The molecule has 0 amide bonds. The maximum absolute atomic E-state index is 14.0. The van der Waals surface area contributed by atoms with E-state index in [2.05, 4.69) is 0 Å². The van der Waals surface area contributed by atoms with Gasteiger partial charge in [-0.15, -0.1) is 0 Å². The Kier molecular flexibility index (Phi) is 5.67. The lowest BCUT2D eigenvalue weighted by Gasteiger charge is -2.12. The van der Waals surface area contributed by atoms with E-state index < -0.39 is 17.7 Å². The molecule has 0 radical (unpaired) electrons. The van der Waals surface area contributed by atoms with Crippen molar-refractivity contribution in [3.05, 3.63) is 23.8 Å². The van der Waals surface area contributed by atoms with Gasteiger partial charge in [-0.05, 0) is 24.1 Å². The molecule has 0 fully saturated rings. The summed E-state index contributed by atoms with van der Waals surface area (Å²) < 4.78 is 24.0. The number of alkyl halides is 1. The van der Waals surface area contributed by atoms with Gasteiger partial charge in [0.05, 0.1) is 19.8 Å². The normalized spacial score (nSPS) is 12.1. The molecule has 0 heterocycles. The Bertz CT molecular complexity index is 497. The third kappa shape index (κ3) is 3.79. The number of hydrogen-bond donors (Lipinski definition) is 0. The van der Waals surface area contributed by atoms with Crippen LogP contribution in [0.3, 0.4) is 0 Å². The zero-order chi connectivity index (χ0) is 15.3. The molecule has 0 aliphatic rings. The molecular weight excluding hydrogens is 263 g/mol. The fraction of sp³-hybridized carbons (Fsp3) is 0.467. The molecule has 0 saturated carbocycles. The highest BCUT2D eigenvalue weighted by molar-refractivity contribution is 6.14. The largest absolute Gasteiger partial charge is 0.497 e. The number of rotatable bonds is 7. The Labute approximate surface area is 117 Å². The van der Waals surface area contributed by atoms with Gasteiger partial charge in [-0.3, -0.25) is 9.59 Å². The first-order valence-corrected chi connectivity index (χ1v) is 6.33. The van der Waals surface area contributed by atoms with E-state index in [0.29, 0.717) is 5.75 Å². The number of ketones is 2. The zero-order valence-corrected chi connectivity index (χ0v) is 12.1. The van der Waals surface area contributed by atoms with E-state index in [0.717, 1.165) is 0 Å². The highest BCUT2D eigenvalue weighted by Crippen LogP contribution is 2.26. The van der Waals surface area contributed by atoms with E-state index in [1.54, 1.807) is 19.9 Å². The SMILES string of the molecule is COc1ccc(OC)c(C(=O)C(F)C(=O)CC(C)C)c1. The molecule has 0 saturated heterocycles. The minimum absolute atomic E-state index is 0.000699. The molecule has 4 nitrogen and oxygen atoms in total. The summed E-state index contributed by atoms with van der Waals surface area (Å²) in [5.41, 5.74) is 0.0106. The van der Waals surface area contributed by atoms with Crippen molar-refractivity contribution >= 4 is 11.6 Å². The lowest BCUT2D eigenvalue weighted by atomic mass is 9.98. The van der Waals surface area contributed by atoms with Crippen LogP contribution in [0.15, 0.2) is 18.2 Å². The first-order chi connectivity index (χ1) is 9.40. The van der Waals surface area contributed by atoms with Crippen molar-refractivity contribution in [3.8, 4) is 11.5 Å². The molecule has 110 valence electrons. The van der Waals surface area contributed by atoms with E-state index in [9.17, 15) is 14.0 Å². The van der Waals surface area contributed by atoms with Crippen LogP contribution in [0.5, 0.6) is 11.5 Å². The summed E-state index contributed by atoms with van der Waals surface area (Å²) >= 11 is 0. The summed E-state index contributed by atoms with van der Waals surface area (Å²) in [6, 6.07) is 4.47. The van der Waals surface area contributed by atoms with Gasteiger partial charge in [0.15, 0.2) is 5.78 Å². The minimum Gasteiger partial charge on any atom is -0.497 e. The fourth-order valence-corrected chi connectivity index (χ4v) is 1.80. The highest BCUT2D eigenvalue weighted by Gasteiger charge is 2.29. The number of hydrogen-bond acceptors (Lipinski definition) is 4.